The lowest BCUT2D eigenvalue weighted by molar-refractivity contribution is 0.632. The minimum atomic E-state index is -0.400. The van der Waals surface area contributed by atoms with Crippen LogP contribution in [0.2, 0.25) is 5.02 Å². The second-order valence-electron chi connectivity index (χ2n) is 3.60. The summed E-state index contributed by atoms with van der Waals surface area (Å²) in [5.41, 5.74) is 2.65. The number of hydrogen-bond acceptors (Lipinski definition) is 2. The summed E-state index contributed by atoms with van der Waals surface area (Å²) in [6.45, 7) is 0. The van der Waals surface area contributed by atoms with E-state index in [4.69, 9.17) is 17.4 Å². The molecule has 1 aromatic carbocycles. The van der Waals surface area contributed by atoms with Crippen LogP contribution in [0.3, 0.4) is 0 Å². The number of rotatable bonds is 2. The monoisotopic (exact) mass is 242 g/mol. The van der Waals surface area contributed by atoms with Crippen LogP contribution in [-0.2, 0) is 0 Å². The van der Waals surface area contributed by atoms with Gasteiger partial charge >= 0.3 is 0 Å². The first-order valence-electron chi connectivity index (χ1n) is 4.95. The third kappa shape index (κ3) is 2.84. The summed E-state index contributed by atoms with van der Waals surface area (Å²) in [4.78, 5) is 4.23. The van der Waals surface area contributed by atoms with E-state index in [9.17, 15) is 4.39 Å². The minimum absolute atomic E-state index is 0.254. The molecule has 1 aromatic rings. The zero-order chi connectivity index (χ0) is 11.5. The summed E-state index contributed by atoms with van der Waals surface area (Å²) in [6, 6.07) is 4.54. The molecule has 0 unspecified atom stereocenters. The van der Waals surface area contributed by atoms with E-state index in [1.165, 1.54) is 18.2 Å². The molecule has 0 atom stereocenters. The normalized spacial score (nSPS) is 16.1. The van der Waals surface area contributed by atoms with E-state index in [0.29, 0.717) is 17.0 Å². The molecule has 1 saturated carbocycles. The van der Waals surface area contributed by atoms with Gasteiger partial charge in [-0.25, -0.2) is 15.2 Å². The third-order valence-corrected chi connectivity index (χ3v) is 2.41. The van der Waals surface area contributed by atoms with Gasteiger partial charge in [0.05, 0.1) is 11.7 Å². The number of guanidine groups is 1. The number of halogens is 2. The lowest BCUT2D eigenvalue weighted by Gasteiger charge is -2.10. The molecule has 1 aliphatic rings. The third-order valence-electron chi connectivity index (χ3n) is 2.18. The Labute approximate surface area is 97.7 Å². The molecule has 0 aliphatic heterocycles. The molecule has 1 aliphatic carbocycles. The Hall–Kier alpha value is -1.33. The van der Waals surface area contributed by atoms with Crippen molar-refractivity contribution in [2.45, 2.75) is 18.9 Å². The number of anilines is 1. The highest BCUT2D eigenvalue weighted by atomic mass is 35.5. The molecule has 4 nitrogen and oxygen atoms in total. The molecule has 4 N–H and O–H groups in total. The highest BCUT2D eigenvalue weighted by molar-refractivity contribution is 6.30. The van der Waals surface area contributed by atoms with Crippen molar-refractivity contribution in [1.82, 2.24) is 5.43 Å². The number of benzene rings is 1. The van der Waals surface area contributed by atoms with Crippen LogP contribution >= 0.6 is 11.6 Å². The predicted octanol–water partition coefficient (Wildman–Crippen LogP) is 1.87. The molecular formula is C10H12ClFN4. The summed E-state index contributed by atoms with van der Waals surface area (Å²) in [5.74, 6) is 5.24. The molecule has 16 heavy (non-hydrogen) atoms. The topological polar surface area (TPSA) is 62.4 Å². The smallest absolute Gasteiger partial charge is 0.210 e. The van der Waals surface area contributed by atoms with Gasteiger partial charge < -0.3 is 5.32 Å². The van der Waals surface area contributed by atoms with E-state index >= 15 is 0 Å². The molecule has 0 amide bonds. The quantitative estimate of drug-likeness (QED) is 0.321. The molecule has 0 radical (unpaired) electrons. The lowest BCUT2D eigenvalue weighted by atomic mass is 10.3. The Morgan fingerprint density at radius 3 is 2.88 bits per heavy atom. The van der Waals surface area contributed by atoms with E-state index in [1.54, 1.807) is 0 Å². The van der Waals surface area contributed by atoms with Gasteiger partial charge in [-0.05, 0) is 31.0 Å². The second-order valence-corrected chi connectivity index (χ2v) is 4.04. The number of hydrazine groups is 1. The van der Waals surface area contributed by atoms with Gasteiger partial charge in [0.15, 0.2) is 0 Å². The maximum absolute atomic E-state index is 13.4. The van der Waals surface area contributed by atoms with Crippen LogP contribution < -0.4 is 16.6 Å². The van der Waals surface area contributed by atoms with Crippen LogP contribution in [0.15, 0.2) is 23.2 Å². The molecule has 6 heteroatoms. The fourth-order valence-corrected chi connectivity index (χ4v) is 1.38. The van der Waals surface area contributed by atoms with Crippen molar-refractivity contribution in [2.75, 3.05) is 5.32 Å². The first kappa shape index (κ1) is 11.2. The van der Waals surface area contributed by atoms with E-state index < -0.39 is 5.82 Å². The van der Waals surface area contributed by atoms with Gasteiger partial charge in [0.2, 0.25) is 5.96 Å². The van der Waals surface area contributed by atoms with E-state index in [2.05, 4.69) is 15.7 Å². The Kier molecular flexibility index (Phi) is 3.26. The molecular weight excluding hydrogens is 231 g/mol. The van der Waals surface area contributed by atoms with Crippen molar-refractivity contribution in [2.24, 2.45) is 10.8 Å². The lowest BCUT2D eigenvalue weighted by Crippen LogP contribution is -2.36. The number of nitrogens with one attached hydrogen (secondary N) is 2. The summed E-state index contributed by atoms with van der Waals surface area (Å²) in [5, 5.41) is 3.21. The van der Waals surface area contributed by atoms with Gasteiger partial charge in [-0.1, -0.05) is 11.6 Å². The first-order chi connectivity index (χ1) is 7.69. The van der Waals surface area contributed by atoms with Crippen molar-refractivity contribution in [3.63, 3.8) is 0 Å². The van der Waals surface area contributed by atoms with Gasteiger partial charge in [-0.3, -0.25) is 5.43 Å². The molecule has 2 rings (SSSR count). The average Bonchev–Trinajstić information content (AvgIpc) is 3.06. The van der Waals surface area contributed by atoms with E-state index in [-0.39, 0.29) is 5.69 Å². The zero-order valence-electron chi connectivity index (χ0n) is 8.50. The van der Waals surface area contributed by atoms with Crippen LogP contribution in [0.5, 0.6) is 0 Å². The van der Waals surface area contributed by atoms with Crippen LogP contribution in [0.25, 0.3) is 0 Å². The summed E-state index contributed by atoms with van der Waals surface area (Å²) >= 11 is 5.76. The van der Waals surface area contributed by atoms with Crippen LogP contribution in [0.4, 0.5) is 10.1 Å². The van der Waals surface area contributed by atoms with Gasteiger partial charge in [-0.15, -0.1) is 0 Å². The molecule has 0 aromatic heterocycles. The minimum Gasteiger partial charge on any atom is -0.323 e. The molecule has 0 spiro atoms. The van der Waals surface area contributed by atoms with Crippen molar-refractivity contribution in [1.29, 1.82) is 0 Å². The van der Waals surface area contributed by atoms with Gasteiger partial charge in [0.1, 0.15) is 5.82 Å². The summed E-state index contributed by atoms with van der Waals surface area (Å²) in [6.07, 6.45) is 2.09. The maximum Gasteiger partial charge on any atom is 0.210 e. The Bertz CT molecular complexity index is 417. The SMILES string of the molecule is NNC(=NC1CC1)Nc1cc(Cl)ccc1F. The van der Waals surface area contributed by atoms with Gasteiger partial charge in [0.25, 0.3) is 0 Å². The zero-order valence-corrected chi connectivity index (χ0v) is 9.26. The van der Waals surface area contributed by atoms with Crippen LogP contribution in [0.1, 0.15) is 12.8 Å². The van der Waals surface area contributed by atoms with Gasteiger partial charge in [0, 0.05) is 5.02 Å². The average molecular weight is 243 g/mol. The number of nitrogens with two attached hydrogens (primary N) is 1. The number of hydrogen-bond donors (Lipinski definition) is 3. The van der Waals surface area contributed by atoms with Crippen LogP contribution in [0, 0.1) is 5.82 Å². The standard InChI is InChI=1S/C10H12ClFN4/c11-6-1-4-8(12)9(5-6)15-10(16-13)14-7-2-3-7/h1,4-5,7H,2-3,13H2,(H2,14,15,16). The van der Waals surface area contributed by atoms with Crippen LogP contribution in [-0.4, -0.2) is 12.0 Å². The molecule has 0 heterocycles. The van der Waals surface area contributed by atoms with E-state index in [0.717, 1.165) is 12.8 Å². The number of aliphatic imine (C=N–C) groups is 1. The molecule has 1 fully saturated rings. The van der Waals surface area contributed by atoms with Crippen molar-refractivity contribution < 1.29 is 4.39 Å². The second kappa shape index (κ2) is 4.67. The predicted molar refractivity (Wildman–Crippen MR) is 62.8 cm³/mol. The maximum atomic E-state index is 13.4. The van der Waals surface area contributed by atoms with Crippen molar-refractivity contribution in [3.8, 4) is 0 Å². The largest absolute Gasteiger partial charge is 0.323 e. The van der Waals surface area contributed by atoms with Gasteiger partial charge in [-0.2, -0.15) is 0 Å². The Morgan fingerprint density at radius 2 is 2.25 bits per heavy atom. The highest BCUT2D eigenvalue weighted by Gasteiger charge is 2.21. The summed E-state index contributed by atoms with van der Waals surface area (Å²) < 4.78 is 13.4. The Balaban J connectivity index is 2.14. The molecule has 0 bridgehead atoms. The molecule has 86 valence electrons. The number of nitrogens with zero attached hydrogens (tertiary/aromatic N) is 1. The molecule has 0 saturated heterocycles. The highest BCUT2D eigenvalue weighted by Crippen LogP contribution is 2.24. The fraction of sp³-hybridized carbons (Fsp3) is 0.300. The first-order valence-corrected chi connectivity index (χ1v) is 5.33. The fourth-order valence-electron chi connectivity index (χ4n) is 1.21. The Morgan fingerprint density at radius 1 is 1.50 bits per heavy atom. The summed E-state index contributed by atoms with van der Waals surface area (Å²) in [7, 11) is 0. The van der Waals surface area contributed by atoms with E-state index in [1.807, 2.05) is 0 Å². The van der Waals surface area contributed by atoms with Crippen molar-refractivity contribution in [3.05, 3.63) is 29.0 Å². The van der Waals surface area contributed by atoms with Crippen molar-refractivity contribution >= 4 is 23.2 Å².